The molecule has 30 heavy (non-hydrogen) atoms. The molecular formula is C23H38N2O4S. The topological polar surface area (TPSA) is 87.7 Å². The molecule has 0 aromatic rings. The smallest absolute Gasteiger partial charge is 0.303 e. The number of thiocarbonyl (C=S) groups is 1. The molecule has 4 atom stereocenters. The lowest BCUT2D eigenvalue weighted by atomic mass is 9.76. The van der Waals surface area contributed by atoms with Gasteiger partial charge in [-0.05, 0) is 56.8 Å². The van der Waals surface area contributed by atoms with E-state index in [9.17, 15) is 9.59 Å². The van der Waals surface area contributed by atoms with E-state index in [0.29, 0.717) is 42.0 Å². The van der Waals surface area contributed by atoms with Gasteiger partial charge in [0.15, 0.2) is 0 Å². The number of carboxylic acids is 1. The molecule has 0 aromatic heterocycles. The first-order valence-corrected chi connectivity index (χ1v) is 12.0. The minimum absolute atomic E-state index is 0.0121. The molecule has 2 rings (SSSR count). The van der Waals surface area contributed by atoms with Crippen molar-refractivity contribution >= 4 is 29.1 Å². The molecule has 7 heteroatoms. The second-order valence-electron chi connectivity index (χ2n) is 8.48. The first-order valence-electron chi connectivity index (χ1n) is 11.6. The zero-order valence-corrected chi connectivity index (χ0v) is 19.1. The zero-order chi connectivity index (χ0) is 21.8. The van der Waals surface area contributed by atoms with E-state index in [0.717, 1.165) is 45.1 Å². The predicted octanol–water partition coefficient (Wildman–Crippen LogP) is 3.98. The molecule has 2 aliphatic rings. The van der Waals surface area contributed by atoms with Crippen LogP contribution >= 0.6 is 12.2 Å². The molecule has 2 aliphatic heterocycles. The SMILES string of the molecule is CCCCCNC(=S)CC(=O)NCC[C@H]1[C@@H](C/C=C\CCCC(=O)O)[C@H]2CC[C@@H]1O2. The van der Waals surface area contributed by atoms with Gasteiger partial charge < -0.3 is 20.5 Å². The van der Waals surface area contributed by atoms with E-state index in [1.807, 2.05) is 0 Å². The van der Waals surface area contributed by atoms with E-state index < -0.39 is 5.97 Å². The molecule has 170 valence electrons. The fourth-order valence-corrected chi connectivity index (χ4v) is 4.82. The Morgan fingerprint density at radius 3 is 2.57 bits per heavy atom. The van der Waals surface area contributed by atoms with Gasteiger partial charge >= 0.3 is 5.97 Å². The van der Waals surface area contributed by atoms with Crippen LogP contribution < -0.4 is 10.6 Å². The van der Waals surface area contributed by atoms with Gasteiger partial charge in [0.05, 0.1) is 23.6 Å². The van der Waals surface area contributed by atoms with Gasteiger partial charge in [-0.3, -0.25) is 9.59 Å². The lowest BCUT2D eigenvalue weighted by Crippen LogP contribution is -2.34. The van der Waals surface area contributed by atoms with Gasteiger partial charge in [-0.25, -0.2) is 0 Å². The fraction of sp³-hybridized carbons (Fsp3) is 0.783. The van der Waals surface area contributed by atoms with Gasteiger partial charge in [0.2, 0.25) is 5.91 Å². The Balaban J connectivity index is 1.65. The van der Waals surface area contributed by atoms with Gasteiger partial charge in [0.1, 0.15) is 0 Å². The molecule has 2 heterocycles. The van der Waals surface area contributed by atoms with Gasteiger partial charge in [0.25, 0.3) is 0 Å². The summed E-state index contributed by atoms with van der Waals surface area (Å²) in [6.45, 7) is 3.66. The first kappa shape index (κ1) is 24.8. The number of hydrogen-bond acceptors (Lipinski definition) is 4. The summed E-state index contributed by atoms with van der Waals surface area (Å²) in [5, 5.41) is 14.9. The summed E-state index contributed by atoms with van der Waals surface area (Å²) in [5.41, 5.74) is 0. The Hall–Kier alpha value is -1.47. The average molecular weight is 439 g/mol. The molecular weight excluding hydrogens is 400 g/mol. The number of unbranched alkanes of at least 4 members (excludes halogenated alkanes) is 3. The van der Waals surface area contributed by atoms with Crippen molar-refractivity contribution in [2.24, 2.45) is 11.8 Å². The maximum Gasteiger partial charge on any atom is 0.303 e. The van der Waals surface area contributed by atoms with E-state index in [1.54, 1.807) is 0 Å². The van der Waals surface area contributed by atoms with Crippen LogP contribution in [0, 0.1) is 11.8 Å². The maximum absolute atomic E-state index is 12.2. The van der Waals surface area contributed by atoms with Gasteiger partial charge in [-0.1, -0.05) is 44.1 Å². The Kier molecular flexibility index (Phi) is 11.4. The summed E-state index contributed by atoms with van der Waals surface area (Å²) in [4.78, 5) is 23.3. The minimum atomic E-state index is -0.736. The normalized spacial score (nSPS) is 25.0. The number of nitrogens with one attached hydrogen (secondary N) is 2. The zero-order valence-electron chi connectivity index (χ0n) is 18.2. The lowest BCUT2D eigenvalue weighted by molar-refractivity contribution is -0.137. The molecule has 0 aliphatic carbocycles. The molecule has 1 amide bonds. The van der Waals surface area contributed by atoms with Crippen molar-refractivity contribution in [3.8, 4) is 0 Å². The molecule has 6 nitrogen and oxygen atoms in total. The van der Waals surface area contributed by atoms with Crippen molar-refractivity contribution in [3.05, 3.63) is 12.2 Å². The predicted molar refractivity (Wildman–Crippen MR) is 122 cm³/mol. The van der Waals surface area contributed by atoms with Gasteiger partial charge in [-0.2, -0.15) is 0 Å². The summed E-state index contributed by atoms with van der Waals surface area (Å²) in [5.74, 6) is 0.228. The van der Waals surface area contributed by atoms with E-state index in [4.69, 9.17) is 22.1 Å². The number of carboxylic acid groups (broad SMARTS) is 1. The number of aliphatic carboxylic acids is 1. The second kappa shape index (κ2) is 13.8. The third-order valence-electron chi connectivity index (χ3n) is 6.15. The van der Waals surface area contributed by atoms with Crippen LogP contribution in [0.4, 0.5) is 0 Å². The van der Waals surface area contributed by atoms with E-state index >= 15 is 0 Å². The number of allylic oxidation sites excluding steroid dienone is 2. The summed E-state index contributed by atoms with van der Waals surface area (Å²) in [6.07, 6.45) is 14.5. The number of hydrogen-bond donors (Lipinski definition) is 3. The maximum atomic E-state index is 12.2. The number of amides is 1. The highest BCUT2D eigenvalue weighted by molar-refractivity contribution is 7.80. The van der Waals surface area contributed by atoms with Crippen LogP contribution in [0.2, 0.25) is 0 Å². The van der Waals surface area contributed by atoms with E-state index in [2.05, 4.69) is 29.7 Å². The molecule has 0 spiro atoms. The summed E-state index contributed by atoms with van der Waals surface area (Å²) < 4.78 is 6.14. The molecule has 0 saturated carbocycles. The summed E-state index contributed by atoms with van der Waals surface area (Å²) in [7, 11) is 0. The van der Waals surface area contributed by atoms with Crippen molar-refractivity contribution < 1.29 is 19.4 Å². The third-order valence-corrected chi connectivity index (χ3v) is 6.44. The van der Waals surface area contributed by atoms with Crippen LogP contribution in [0.15, 0.2) is 12.2 Å². The van der Waals surface area contributed by atoms with Crippen LogP contribution in [0.5, 0.6) is 0 Å². The molecule has 2 saturated heterocycles. The fourth-order valence-electron chi connectivity index (χ4n) is 4.59. The van der Waals surface area contributed by atoms with Gasteiger partial charge in [-0.15, -0.1) is 0 Å². The number of fused-ring (bicyclic) bond motifs is 2. The first-order chi connectivity index (χ1) is 14.5. The third kappa shape index (κ3) is 8.72. The molecule has 0 unspecified atom stereocenters. The monoisotopic (exact) mass is 438 g/mol. The number of ether oxygens (including phenoxy) is 1. The molecule has 3 N–H and O–H groups in total. The van der Waals surface area contributed by atoms with Crippen LogP contribution in [0.25, 0.3) is 0 Å². The largest absolute Gasteiger partial charge is 0.481 e. The van der Waals surface area contributed by atoms with Crippen molar-refractivity contribution in [2.75, 3.05) is 13.1 Å². The van der Waals surface area contributed by atoms with E-state index in [-0.39, 0.29) is 18.7 Å². The van der Waals surface area contributed by atoms with Crippen molar-refractivity contribution in [2.45, 2.75) is 89.8 Å². The molecule has 0 radical (unpaired) electrons. The second-order valence-corrected chi connectivity index (χ2v) is 8.98. The Labute approximate surface area is 186 Å². The Bertz CT molecular complexity index is 596. The van der Waals surface area contributed by atoms with Crippen LogP contribution in [0.3, 0.4) is 0 Å². The Morgan fingerprint density at radius 2 is 1.83 bits per heavy atom. The number of carbonyl (C=O) groups excluding carboxylic acids is 1. The van der Waals surface area contributed by atoms with Crippen LogP contribution in [-0.2, 0) is 14.3 Å². The molecule has 2 fully saturated rings. The quantitative estimate of drug-likeness (QED) is 0.204. The highest BCUT2D eigenvalue weighted by atomic mass is 32.1. The standard InChI is InChI=1S/C23H38N2O4S/c1-2-3-8-14-25-22(30)16-21(26)24-15-13-18-17(19-11-12-20(18)29-19)9-6-4-5-7-10-23(27)28/h4,6,17-20H,2-3,5,7-16H2,1H3,(H,24,26)(H,25,30)(H,27,28)/b6-4-/t17-,18+,19-,20+/m1/s1. The number of carbonyl (C=O) groups is 2. The Morgan fingerprint density at radius 1 is 1.07 bits per heavy atom. The van der Waals surface area contributed by atoms with Crippen molar-refractivity contribution in [1.82, 2.24) is 10.6 Å². The molecule has 2 bridgehead atoms. The minimum Gasteiger partial charge on any atom is -0.481 e. The summed E-state index contributed by atoms with van der Waals surface area (Å²) in [6, 6.07) is 0. The number of rotatable bonds is 15. The van der Waals surface area contributed by atoms with E-state index in [1.165, 1.54) is 12.8 Å². The van der Waals surface area contributed by atoms with Crippen LogP contribution in [0.1, 0.15) is 77.6 Å². The highest BCUT2D eigenvalue weighted by Gasteiger charge is 2.47. The van der Waals surface area contributed by atoms with Crippen molar-refractivity contribution in [1.29, 1.82) is 0 Å². The average Bonchev–Trinajstić information content (AvgIpc) is 3.30. The highest BCUT2D eigenvalue weighted by Crippen LogP contribution is 2.46. The van der Waals surface area contributed by atoms with Crippen LogP contribution in [-0.4, -0.2) is 47.3 Å². The molecule has 0 aromatic carbocycles. The lowest BCUT2D eigenvalue weighted by Gasteiger charge is -2.27. The van der Waals surface area contributed by atoms with Gasteiger partial charge in [0, 0.05) is 19.5 Å². The summed E-state index contributed by atoms with van der Waals surface area (Å²) >= 11 is 5.26. The van der Waals surface area contributed by atoms with Crippen molar-refractivity contribution in [3.63, 3.8) is 0 Å².